The first kappa shape index (κ1) is 23.1. The topological polar surface area (TPSA) is 73.3 Å². The molecule has 0 radical (unpaired) electrons. The SMILES string of the molecule is CCCCOc1ccc(CCC(=O)Nc2nnc(C(CC)CC)s2)cc1OCC. The number of hydrogen-bond acceptors (Lipinski definition) is 6. The summed E-state index contributed by atoms with van der Waals surface area (Å²) in [6.07, 6.45) is 5.16. The van der Waals surface area contributed by atoms with Crippen LogP contribution in [0.5, 0.6) is 11.5 Å². The van der Waals surface area contributed by atoms with Crippen molar-refractivity contribution in [3.63, 3.8) is 0 Å². The molecule has 7 heteroatoms. The summed E-state index contributed by atoms with van der Waals surface area (Å²) >= 11 is 1.47. The van der Waals surface area contributed by atoms with Crippen LogP contribution >= 0.6 is 11.3 Å². The number of ether oxygens (including phenoxy) is 2. The lowest BCUT2D eigenvalue weighted by atomic mass is 10.1. The monoisotopic (exact) mass is 419 g/mol. The highest BCUT2D eigenvalue weighted by Crippen LogP contribution is 2.30. The standard InChI is InChI=1S/C22H33N3O3S/c1-5-9-14-28-18-12-10-16(15-19(18)27-8-4)11-13-20(26)23-22-25-24-21(29-22)17(6-2)7-3/h10,12,15,17H,5-9,11,13-14H2,1-4H3,(H,23,25,26). The quantitative estimate of drug-likeness (QED) is 0.428. The van der Waals surface area contributed by atoms with Gasteiger partial charge in [-0.2, -0.15) is 0 Å². The van der Waals surface area contributed by atoms with Crippen molar-refractivity contribution in [3.05, 3.63) is 28.8 Å². The molecular formula is C22H33N3O3S. The Bertz CT molecular complexity index is 760. The van der Waals surface area contributed by atoms with Crippen LogP contribution in [-0.4, -0.2) is 29.3 Å². The molecule has 0 saturated carbocycles. The molecule has 0 atom stereocenters. The Balaban J connectivity index is 1.91. The molecule has 2 rings (SSSR count). The Morgan fingerprint density at radius 3 is 2.59 bits per heavy atom. The zero-order chi connectivity index (χ0) is 21.1. The Hall–Kier alpha value is -2.15. The van der Waals surface area contributed by atoms with E-state index in [9.17, 15) is 4.79 Å². The molecule has 0 unspecified atom stereocenters. The number of aryl methyl sites for hydroxylation is 1. The van der Waals surface area contributed by atoms with E-state index < -0.39 is 0 Å². The molecule has 1 aromatic heterocycles. The molecule has 0 saturated heterocycles. The number of amides is 1. The van der Waals surface area contributed by atoms with Gasteiger partial charge in [0.1, 0.15) is 5.01 Å². The summed E-state index contributed by atoms with van der Waals surface area (Å²) in [6.45, 7) is 9.63. The Morgan fingerprint density at radius 2 is 1.90 bits per heavy atom. The van der Waals surface area contributed by atoms with Crippen LogP contribution in [0.25, 0.3) is 0 Å². The summed E-state index contributed by atoms with van der Waals surface area (Å²) in [5.74, 6) is 1.85. The Labute approximate surface area is 178 Å². The number of nitrogens with one attached hydrogen (secondary N) is 1. The fourth-order valence-electron chi connectivity index (χ4n) is 2.95. The first-order valence-corrected chi connectivity index (χ1v) is 11.4. The van der Waals surface area contributed by atoms with Gasteiger partial charge in [0.2, 0.25) is 11.0 Å². The second-order valence-electron chi connectivity index (χ2n) is 6.92. The minimum Gasteiger partial charge on any atom is -0.490 e. The van der Waals surface area contributed by atoms with Crippen LogP contribution in [0.15, 0.2) is 18.2 Å². The largest absolute Gasteiger partial charge is 0.490 e. The highest BCUT2D eigenvalue weighted by Gasteiger charge is 2.15. The molecule has 1 heterocycles. The van der Waals surface area contributed by atoms with Gasteiger partial charge in [0.05, 0.1) is 13.2 Å². The van der Waals surface area contributed by atoms with Gasteiger partial charge in [0, 0.05) is 12.3 Å². The Morgan fingerprint density at radius 1 is 1.10 bits per heavy atom. The van der Waals surface area contributed by atoms with Crippen LogP contribution in [0, 0.1) is 0 Å². The van der Waals surface area contributed by atoms with Gasteiger partial charge in [-0.1, -0.05) is 44.6 Å². The van der Waals surface area contributed by atoms with Gasteiger partial charge < -0.3 is 14.8 Å². The maximum Gasteiger partial charge on any atom is 0.226 e. The third kappa shape index (κ3) is 7.31. The lowest BCUT2D eigenvalue weighted by Gasteiger charge is -2.13. The first-order chi connectivity index (χ1) is 14.1. The van der Waals surface area contributed by atoms with Crippen molar-refractivity contribution >= 4 is 22.4 Å². The zero-order valence-electron chi connectivity index (χ0n) is 18.0. The smallest absolute Gasteiger partial charge is 0.226 e. The number of unbranched alkanes of at least 4 members (excludes halogenated alkanes) is 1. The maximum absolute atomic E-state index is 12.3. The minimum atomic E-state index is -0.0570. The molecule has 0 aliphatic rings. The molecule has 2 aromatic rings. The molecule has 0 fully saturated rings. The van der Waals surface area contributed by atoms with Crippen molar-refractivity contribution < 1.29 is 14.3 Å². The summed E-state index contributed by atoms with van der Waals surface area (Å²) in [7, 11) is 0. The number of carbonyl (C=O) groups is 1. The van der Waals surface area contributed by atoms with Crippen LogP contribution in [0.4, 0.5) is 5.13 Å². The molecule has 1 aromatic carbocycles. The predicted octanol–water partition coefficient (Wildman–Crippen LogP) is 5.59. The minimum absolute atomic E-state index is 0.0570. The fraction of sp³-hybridized carbons (Fsp3) is 0.591. The predicted molar refractivity (Wildman–Crippen MR) is 118 cm³/mol. The van der Waals surface area contributed by atoms with Gasteiger partial charge in [0.15, 0.2) is 11.5 Å². The average Bonchev–Trinajstić information content (AvgIpc) is 3.17. The molecular weight excluding hydrogens is 386 g/mol. The van der Waals surface area contributed by atoms with Gasteiger partial charge >= 0.3 is 0 Å². The average molecular weight is 420 g/mol. The molecule has 6 nitrogen and oxygen atoms in total. The number of anilines is 1. The van der Waals surface area contributed by atoms with E-state index in [1.54, 1.807) is 0 Å². The van der Waals surface area contributed by atoms with Crippen molar-refractivity contribution in [1.82, 2.24) is 10.2 Å². The van der Waals surface area contributed by atoms with Gasteiger partial charge in [-0.15, -0.1) is 10.2 Å². The van der Waals surface area contributed by atoms with Crippen LogP contribution in [0.3, 0.4) is 0 Å². The van der Waals surface area contributed by atoms with E-state index in [0.29, 0.717) is 37.1 Å². The summed E-state index contributed by atoms with van der Waals surface area (Å²) in [5.41, 5.74) is 1.04. The maximum atomic E-state index is 12.3. The third-order valence-corrected chi connectivity index (χ3v) is 5.73. The number of aromatic nitrogens is 2. The van der Waals surface area contributed by atoms with Crippen LogP contribution in [0.2, 0.25) is 0 Å². The second-order valence-corrected chi connectivity index (χ2v) is 7.93. The van der Waals surface area contributed by atoms with Gasteiger partial charge in [-0.05, 0) is 50.3 Å². The van der Waals surface area contributed by atoms with Crippen LogP contribution in [0.1, 0.15) is 76.3 Å². The Kier molecular flexibility index (Phi) is 9.91. The van der Waals surface area contributed by atoms with Crippen molar-refractivity contribution in [2.45, 2.75) is 72.1 Å². The van der Waals surface area contributed by atoms with Crippen molar-refractivity contribution in [2.75, 3.05) is 18.5 Å². The number of nitrogens with zero attached hydrogens (tertiary/aromatic N) is 2. The van der Waals surface area contributed by atoms with E-state index in [1.807, 2.05) is 25.1 Å². The molecule has 0 aliphatic heterocycles. The fourth-order valence-corrected chi connectivity index (χ4v) is 3.98. The van der Waals surface area contributed by atoms with E-state index in [-0.39, 0.29) is 5.91 Å². The third-order valence-electron chi connectivity index (χ3n) is 4.73. The molecule has 0 aliphatic carbocycles. The highest BCUT2D eigenvalue weighted by molar-refractivity contribution is 7.15. The van der Waals surface area contributed by atoms with Crippen LogP contribution < -0.4 is 14.8 Å². The number of hydrogen-bond donors (Lipinski definition) is 1. The first-order valence-electron chi connectivity index (χ1n) is 10.6. The lowest BCUT2D eigenvalue weighted by Crippen LogP contribution is -2.12. The van der Waals surface area contributed by atoms with Gasteiger partial charge in [0.25, 0.3) is 0 Å². The van der Waals surface area contributed by atoms with E-state index in [0.717, 1.165) is 47.8 Å². The van der Waals surface area contributed by atoms with Crippen molar-refractivity contribution in [2.24, 2.45) is 0 Å². The highest BCUT2D eigenvalue weighted by atomic mass is 32.1. The van der Waals surface area contributed by atoms with E-state index in [1.165, 1.54) is 11.3 Å². The zero-order valence-corrected chi connectivity index (χ0v) is 18.8. The lowest BCUT2D eigenvalue weighted by molar-refractivity contribution is -0.116. The van der Waals surface area contributed by atoms with Crippen LogP contribution in [-0.2, 0) is 11.2 Å². The number of benzene rings is 1. The normalized spacial score (nSPS) is 10.9. The number of carbonyl (C=O) groups excluding carboxylic acids is 1. The molecule has 0 spiro atoms. The summed E-state index contributed by atoms with van der Waals surface area (Å²) in [5, 5.41) is 12.8. The molecule has 160 valence electrons. The summed E-state index contributed by atoms with van der Waals surface area (Å²) < 4.78 is 11.5. The van der Waals surface area contributed by atoms with Gasteiger partial charge in [-0.3, -0.25) is 4.79 Å². The summed E-state index contributed by atoms with van der Waals surface area (Å²) in [4.78, 5) is 12.3. The van der Waals surface area contributed by atoms with Crippen molar-refractivity contribution in [3.8, 4) is 11.5 Å². The molecule has 0 bridgehead atoms. The van der Waals surface area contributed by atoms with Gasteiger partial charge in [-0.25, -0.2) is 0 Å². The molecule has 1 amide bonds. The van der Waals surface area contributed by atoms with E-state index >= 15 is 0 Å². The molecule has 1 N–H and O–H groups in total. The van der Waals surface area contributed by atoms with Crippen molar-refractivity contribution in [1.29, 1.82) is 0 Å². The number of rotatable bonds is 13. The molecule has 29 heavy (non-hydrogen) atoms. The van der Waals surface area contributed by atoms with E-state index in [2.05, 4.69) is 36.3 Å². The van der Waals surface area contributed by atoms with E-state index in [4.69, 9.17) is 9.47 Å². The second kappa shape index (κ2) is 12.4. The summed E-state index contributed by atoms with van der Waals surface area (Å²) in [6, 6.07) is 5.89.